The minimum atomic E-state index is -1.15. The van der Waals surface area contributed by atoms with Crippen molar-refractivity contribution < 1.29 is 14.7 Å². The Morgan fingerprint density at radius 1 is 1.33 bits per heavy atom. The van der Waals surface area contributed by atoms with Gasteiger partial charge in [-0.05, 0) is 31.2 Å². The number of anilines is 1. The molecule has 0 aromatic heterocycles. The molecule has 1 rings (SSSR count). The maximum atomic E-state index is 11.3. The first-order chi connectivity index (χ1) is 7.00. The lowest BCUT2D eigenvalue weighted by atomic mass is 10.1. The number of halogens is 1. The summed E-state index contributed by atoms with van der Waals surface area (Å²) < 4.78 is 0. The summed E-state index contributed by atoms with van der Waals surface area (Å²) in [4.78, 5) is 21.8. The number of carbonyl (C=O) groups is 2. The van der Waals surface area contributed by atoms with E-state index in [4.69, 9.17) is 16.7 Å². The standard InChI is InChI=1S/C10H10ClNO3/c1-6(10(14)15)9(13)12-8-4-2-7(11)3-5-8/h2-6H,1H3,(H,12,13)(H,14,15). The van der Waals surface area contributed by atoms with E-state index >= 15 is 0 Å². The molecule has 0 bridgehead atoms. The van der Waals surface area contributed by atoms with Gasteiger partial charge in [-0.1, -0.05) is 11.6 Å². The second-order valence-electron chi connectivity index (χ2n) is 3.06. The maximum absolute atomic E-state index is 11.3. The van der Waals surface area contributed by atoms with E-state index in [9.17, 15) is 9.59 Å². The number of carboxylic acids is 1. The van der Waals surface area contributed by atoms with Crippen LogP contribution in [0.4, 0.5) is 5.69 Å². The minimum Gasteiger partial charge on any atom is -0.481 e. The van der Waals surface area contributed by atoms with E-state index in [0.29, 0.717) is 10.7 Å². The highest BCUT2D eigenvalue weighted by Crippen LogP contribution is 2.14. The molecule has 0 saturated carbocycles. The van der Waals surface area contributed by atoms with Crippen molar-refractivity contribution in [2.45, 2.75) is 6.92 Å². The molecule has 4 nitrogen and oxygen atoms in total. The molecule has 0 aliphatic carbocycles. The largest absolute Gasteiger partial charge is 0.481 e. The molecule has 0 saturated heterocycles. The van der Waals surface area contributed by atoms with Crippen LogP contribution in [0.25, 0.3) is 0 Å². The van der Waals surface area contributed by atoms with Gasteiger partial charge < -0.3 is 10.4 Å². The lowest BCUT2D eigenvalue weighted by molar-refractivity contribution is -0.144. The third kappa shape index (κ3) is 3.25. The van der Waals surface area contributed by atoms with E-state index < -0.39 is 17.8 Å². The van der Waals surface area contributed by atoms with Crippen molar-refractivity contribution in [2.75, 3.05) is 5.32 Å². The van der Waals surface area contributed by atoms with E-state index in [1.807, 2.05) is 0 Å². The van der Waals surface area contributed by atoms with Crippen LogP contribution >= 0.6 is 11.6 Å². The molecule has 15 heavy (non-hydrogen) atoms. The number of hydrogen-bond donors (Lipinski definition) is 2. The van der Waals surface area contributed by atoms with E-state index in [-0.39, 0.29) is 0 Å². The van der Waals surface area contributed by atoms with Gasteiger partial charge in [-0.3, -0.25) is 9.59 Å². The highest BCUT2D eigenvalue weighted by atomic mass is 35.5. The predicted octanol–water partition coefficient (Wildman–Crippen LogP) is 2.00. The topological polar surface area (TPSA) is 66.4 Å². The highest BCUT2D eigenvalue weighted by molar-refractivity contribution is 6.30. The fourth-order valence-electron chi connectivity index (χ4n) is 0.896. The molecule has 0 heterocycles. The highest BCUT2D eigenvalue weighted by Gasteiger charge is 2.20. The number of rotatable bonds is 3. The molecule has 1 unspecified atom stereocenters. The Morgan fingerprint density at radius 2 is 1.87 bits per heavy atom. The first-order valence-electron chi connectivity index (χ1n) is 4.30. The molecule has 1 amide bonds. The summed E-state index contributed by atoms with van der Waals surface area (Å²) in [7, 11) is 0. The fraction of sp³-hybridized carbons (Fsp3) is 0.200. The molecule has 0 aliphatic heterocycles. The zero-order valence-electron chi connectivity index (χ0n) is 8.03. The molecule has 1 aromatic rings. The Kier molecular flexibility index (Phi) is 3.68. The smallest absolute Gasteiger partial charge is 0.315 e. The normalized spacial score (nSPS) is 11.9. The van der Waals surface area contributed by atoms with Crippen molar-refractivity contribution in [1.29, 1.82) is 0 Å². The average molecular weight is 228 g/mol. The van der Waals surface area contributed by atoms with Crippen LogP contribution in [0, 0.1) is 5.92 Å². The number of nitrogens with one attached hydrogen (secondary N) is 1. The molecular weight excluding hydrogens is 218 g/mol. The van der Waals surface area contributed by atoms with Crippen molar-refractivity contribution in [3.63, 3.8) is 0 Å². The van der Waals surface area contributed by atoms with Gasteiger partial charge in [0.2, 0.25) is 5.91 Å². The quantitative estimate of drug-likeness (QED) is 0.777. The number of hydrogen-bond acceptors (Lipinski definition) is 2. The van der Waals surface area contributed by atoms with Crippen molar-refractivity contribution in [1.82, 2.24) is 0 Å². The first-order valence-corrected chi connectivity index (χ1v) is 4.67. The Morgan fingerprint density at radius 3 is 2.33 bits per heavy atom. The second kappa shape index (κ2) is 4.79. The first kappa shape index (κ1) is 11.5. The van der Waals surface area contributed by atoms with Crippen LogP contribution < -0.4 is 5.32 Å². The van der Waals surface area contributed by atoms with E-state index in [2.05, 4.69) is 5.32 Å². The number of aliphatic carboxylic acids is 1. The Balaban J connectivity index is 2.66. The molecule has 80 valence electrons. The van der Waals surface area contributed by atoms with Crippen LogP contribution in [0.2, 0.25) is 5.02 Å². The fourth-order valence-corrected chi connectivity index (χ4v) is 1.02. The van der Waals surface area contributed by atoms with E-state index in [0.717, 1.165) is 0 Å². The Hall–Kier alpha value is -1.55. The SMILES string of the molecule is CC(C(=O)O)C(=O)Nc1ccc(Cl)cc1. The molecule has 0 spiro atoms. The van der Waals surface area contributed by atoms with Gasteiger partial charge in [-0.25, -0.2) is 0 Å². The number of benzene rings is 1. The van der Waals surface area contributed by atoms with Crippen LogP contribution in [0.15, 0.2) is 24.3 Å². The predicted molar refractivity (Wildman–Crippen MR) is 56.9 cm³/mol. The summed E-state index contributed by atoms with van der Waals surface area (Å²) in [5, 5.41) is 11.6. The molecule has 0 aliphatic rings. The van der Waals surface area contributed by atoms with Crippen molar-refractivity contribution in [2.24, 2.45) is 5.92 Å². The Labute approximate surface area is 91.9 Å². The van der Waals surface area contributed by atoms with Crippen LogP contribution in [-0.2, 0) is 9.59 Å². The summed E-state index contributed by atoms with van der Waals surface area (Å²) in [6.45, 7) is 1.33. The average Bonchev–Trinajstić information content (AvgIpc) is 2.20. The molecule has 2 N–H and O–H groups in total. The van der Waals surface area contributed by atoms with Crippen molar-refractivity contribution in [3.8, 4) is 0 Å². The van der Waals surface area contributed by atoms with Gasteiger partial charge in [-0.15, -0.1) is 0 Å². The van der Waals surface area contributed by atoms with Crippen LogP contribution in [0.3, 0.4) is 0 Å². The lowest BCUT2D eigenvalue weighted by Gasteiger charge is -2.07. The molecule has 5 heteroatoms. The van der Waals surface area contributed by atoms with Gasteiger partial charge in [0.05, 0.1) is 0 Å². The van der Waals surface area contributed by atoms with E-state index in [1.165, 1.54) is 6.92 Å². The van der Waals surface area contributed by atoms with Crippen molar-refractivity contribution >= 4 is 29.2 Å². The molecule has 1 atom stereocenters. The number of carboxylic acid groups (broad SMARTS) is 1. The van der Waals surface area contributed by atoms with Gasteiger partial charge in [0.15, 0.2) is 0 Å². The second-order valence-corrected chi connectivity index (χ2v) is 3.49. The molecular formula is C10H10ClNO3. The maximum Gasteiger partial charge on any atom is 0.315 e. The van der Waals surface area contributed by atoms with Gasteiger partial charge >= 0.3 is 5.97 Å². The zero-order valence-corrected chi connectivity index (χ0v) is 8.78. The molecule has 0 radical (unpaired) electrons. The summed E-state index contributed by atoms with van der Waals surface area (Å²) in [6.07, 6.45) is 0. The third-order valence-corrected chi connectivity index (χ3v) is 2.13. The third-order valence-electron chi connectivity index (χ3n) is 1.88. The van der Waals surface area contributed by atoms with Crippen molar-refractivity contribution in [3.05, 3.63) is 29.3 Å². The Bertz CT molecular complexity index is 375. The monoisotopic (exact) mass is 227 g/mol. The summed E-state index contributed by atoms with van der Waals surface area (Å²) in [6, 6.07) is 6.44. The van der Waals surface area contributed by atoms with Crippen LogP contribution in [0.5, 0.6) is 0 Å². The molecule has 1 aromatic carbocycles. The van der Waals surface area contributed by atoms with E-state index in [1.54, 1.807) is 24.3 Å². The number of carbonyl (C=O) groups excluding carboxylic acids is 1. The number of amides is 1. The minimum absolute atomic E-state index is 0.525. The van der Waals surface area contributed by atoms with Crippen LogP contribution in [0.1, 0.15) is 6.92 Å². The summed E-state index contributed by atoms with van der Waals surface area (Å²) >= 11 is 5.65. The summed E-state index contributed by atoms with van der Waals surface area (Å²) in [5.74, 6) is -2.77. The lowest BCUT2D eigenvalue weighted by Crippen LogP contribution is -2.26. The van der Waals surface area contributed by atoms with Gasteiger partial charge in [0, 0.05) is 10.7 Å². The van der Waals surface area contributed by atoms with Gasteiger partial charge in [0.1, 0.15) is 5.92 Å². The summed E-state index contributed by atoms with van der Waals surface area (Å²) in [5.41, 5.74) is 0.525. The van der Waals surface area contributed by atoms with Gasteiger partial charge in [-0.2, -0.15) is 0 Å². The van der Waals surface area contributed by atoms with Gasteiger partial charge in [0.25, 0.3) is 0 Å². The zero-order chi connectivity index (χ0) is 11.4. The van der Waals surface area contributed by atoms with Crippen LogP contribution in [-0.4, -0.2) is 17.0 Å². The molecule has 0 fully saturated rings.